The van der Waals surface area contributed by atoms with Gasteiger partial charge in [0.2, 0.25) is 9.84 Å². The largest absolute Gasteiger partial charge is 0.507 e. The van der Waals surface area contributed by atoms with E-state index >= 15 is 0 Å². The van der Waals surface area contributed by atoms with E-state index in [1.54, 1.807) is 36.4 Å². The van der Waals surface area contributed by atoms with Crippen molar-refractivity contribution in [2.45, 2.75) is 9.79 Å². The van der Waals surface area contributed by atoms with Crippen molar-refractivity contribution >= 4 is 33.6 Å². The summed E-state index contributed by atoms with van der Waals surface area (Å²) in [5.74, 6) is -0.510. The average molecular weight is 489 g/mol. The lowest BCUT2D eigenvalue weighted by Gasteiger charge is -2.08. The Balaban J connectivity index is 1.68. The standard InChI is InChI=1S/C26H20N2O6S/c29-23-7-3-1-5-17(23)15-27-21-13-19(9-11-25(21)31)35(33,34)20-10-12-26(32)22(14-20)28-16-18-6-2-4-8-24(18)30/h1-16,29-32H. The lowest BCUT2D eigenvalue weighted by molar-refractivity contribution is 0.473. The lowest BCUT2D eigenvalue weighted by Crippen LogP contribution is -2.01. The molecule has 8 nitrogen and oxygen atoms in total. The first kappa shape index (κ1) is 23.5. The van der Waals surface area contributed by atoms with Gasteiger partial charge in [0.1, 0.15) is 34.4 Å². The van der Waals surface area contributed by atoms with E-state index in [1.165, 1.54) is 61.0 Å². The van der Waals surface area contributed by atoms with Crippen LogP contribution in [0.4, 0.5) is 11.4 Å². The highest BCUT2D eigenvalue weighted by Gasteiger charge is 2.20. The van der Waals surface area contributed by atoms with Crippen LogP contribution in [-0.2, 0) is 9.84 Å². The zero-order chi connectivity index (χ0) is 25.0. The molecule has 0 aromatic heterocycles. The van der Waals surface area contributed by atoms with Gasteiger partial charge in [-0.25, -0.2) is 8.42 Å². The molecule has 0 saturated heterocycles. The van der Waals surface area contributed by atoms with Gasteiger partial charge in [-0.3, -0.25) is 9.98 Å². The highest BCUT2D eigenvalue weighted by molar-refractivity contribution is 7.91. The van der Waals surface area contributed by atoms with Crippen molar-refractivity contribution in [3.63, 3.8) is 0 Å². The van der Waals surface area contributed by atoms with E-state index in [9.17, 15) is 28.8 Å². The summed E-state index contributed by atoms with van der Waals surface area (Å²) in [7, 11) is -4.07. The Morgan fingerprint density at radius 2 is 0.943 bits per heavy atom. The number of hydrogen-bond donors (Lipinski definition) is 4. The van der Waals surface area contributed by atoms with Crippen LogP contribution in [0.5, 0.6) is 23.0 Å². The summed E-state index contributed by atoms with van der Waals surface area (Å²) in [5, 5.41) is 40.1. The van der Waals surface area contributed by atoms with Gasteiger partial charge >= 0.3 is 0 Å². The van der Waals surface area contributed by atoms with Crippen LogP contribution in [0.25, 0.3) is 0 Å². The van der Waals surface area contributed by atoms with Crippen LogP contribution in [0.2, 0.25) is 0 Å². The third-order valence-corrected chi connectivity index (χ3v) is 6.82. The second kappa shape index (κ2) is 9.70. The first-order valence-corrected chi connectivity index (χ1v) is 11.8. The Morgan fingerprint density at radius 3 is 1.34 bits per heavy atom. The molecule has 0 unspecified atom stereocenters. The highest BCUT2D eigenvalue weighted by Crippen LogP contribution is 2.35. The molecule has 4 N–H and O–H groups in total. The average Bonchev–Trinajstić information content (AvgIpc) is 2.84. The lowest BCUT2D eigenvalue weighted by atomic mass is 10.2. The molecule has 0 bridgehead atoms. The number of rotatable bonds is 6. The molecular weight excluding hydrogens is 468 g/mol. The second-order valence-electron chi connectivity index (χ2n) is 7.44. The highest BCUT2D eigenvalue weighted by atomic mass is 32.2. The van der Waals surface area contributed by atoms with E-state index < -0.39 is 9.84 Å². The maximum absolute atomic E-state index is 13.3. The monoisotopic (exact) mass is 488 g/mol. The topological polar surface area (TPSA) is 140 Å². The SMILES string of the molecule is O=S(=O)(c1ccc(O)c(N=Cc2ccccc2O)c1)c1ccc(O)c(N=Cc2ccccc2O)c1. The molecule has 0 radical (unpaired) electrons. The fraction of sp³-hybridized carbons (Fsp3) is 0. The third kappa shape index (κ3) is 5.15. The number of benzene rings is 4. The maximum Gasteiger partial charge on any atom is 0.206 e. The van der Waals surface area contributed by atoms with E-state index in [2.05, 4.69) is 9.98 Å². The Hall–Kier alpha value is -4.63. The number of sulfone groups is 1. The van der Waals surface area contributed by atoms with E-state index in [1.807, 2.05) is 0 Å². The predicted molar refractivity (Wildman–Crippen MR) is 132 cm³/mol. The smallest absolute Gasteiger partial charge is 0.206 e. The van der Waals surface area contributed by atoms with Gasteiger partial charge in [-0.1, -0.05) is 24.3 Å². The van der Waals surface area contributed by atoms with Gasteiger partial charge in [-0.15, -0.1) is 0 Å². The molecule has 0 amide bonds. The Morgan fingerprint density at radius 1 is 0.543 bits per heavy atom. The van der Waals surface area contributed by atoms with Crippen LogP contribution < -0.4 is 0 Å². The molecule has 0 aliphatic rings. The zero-order valence-electron chi connectivity index (χ0n) is 18.1. The Bertz CT molecular complexity index is 1450. The number of nitrogens with zero attached hydrogens (tertiary/aromatic N) is 2. The van der Waals surface area contributed by atoms with E-state index in [-0.39, 0.29) is 44.2 Å². The van der Waals surface area contributed by atoms with Crippen LogP contribution in [0.1, 0.15) is 11.1 Å². The van der Waals surface area contributed by atoms with Crippen molar-refractivity contribution in [3.05, 3.63) is 96.1 Å². The van der Waals surface area contributed by atoms with E-state index in [0.29, 0.717) is 11.1 Å². The summed E-state index contributed by atoms with van der Waals surface area (Å²) in [6.07, 6.45) is 2.63. The number of phenols is 4. The normalized spacial score (nSPS) is 11.9. The summed E-state index contributed by atoms with van der Waals surface area (Å²) < 4.78 is 26.5. The van der Waals surface area contributed by atoms with Crippen LogP contribution in [-0.4, -0.2) is 41.3 Å². The number of aromatic hydroxyl groups is 4. The number of hydrogen-bond acceptors (Lipinski definition) is 8. The molecule has 0 saturated carbocycles. The fourth-order valence-corrected chi connectivity index (χ4v) is 4.46. The van der Waals surface area contributed by atoms with Crippen LogP contribution >= 0.6 is 0 Å². The minimum absolute atomic E-state index is 0.00842. The fourth-order valence-electron chi connectivity index (χ4n) is 3.16. The quantitative estimate of drug-likeness (QED) is 0.286. The van der Waals surface area contributed by atoms with Crippen LogP contribution in [0.15, 0.2) is 105 Å². The maximum atomic E-state index is 13.3. The molecule has 0 fully saturated rings. The first-order valence-electron chi connectivity index (χ1n) is 10.3. The molecule has 176 valence electrons. The van der Waals surface area contributed by atoms with Gasteiger partial charge < -0.3 is 20.4 Å². The molecule has 35 heavy (non-hydrogen) atoms. The Kier molecular flexibility index (Phi) is 6.52. The summed E-state index contributed by atoms with van der Waals surface area (Å²) in [6, 6.07) is 20.2. The van der Waals surface area contributed by atoms with Gasteiger partial charge in [-0.05, 0) is 60.7 Å². The van der Waals surface area contributed by atoms with Gasteiger partial charge in [0.05, 0.1) is 9.79 Å². The van der Waals surface area contributed by atoms with E-state index in [0.717, 1.165) is 0 Å². The van der Waals surface area contributed by atoms with Crippen molar-refractivity contribution in [3.8, 4) is 23.0 Å². The summed E-state index contributed by atoms with van der Waals surface area (Å²) in [5.41, 5.74) is 0.771. The van der Waals surface area contributed by atoms with Crippen LogP contribution in [0, 0.1) is 0 Å². The van der Waals surface area contributed by atoms with Crippen molar-refractivity contribution in [1.29, 1.82) is 0 Å². The molecule has 0 spiro atoms. The summed E-state index contributed by atoms with van der Waals surface area (Å²) in [4.78, 5) is 7.97. The molecule has 0 atom stereocenters. The van der Waals surface area contributed by atoms with Gasteiger partial charge in [0.15, 0.2) is 0 Å². The van der Waals surface area contributed by atoms with E-state index in [4.69, 9.17) is 0 Å². The van der Waals surface area contributed by atoms with Gasteiger partial charge in [0.25, 0.3) is 0 Å². The molecule has 0 aliphatic carbocycles. The van der Waals surface area contributed by atoms with Crippen molar-refractivity contribution in [2.75, 3.05) is 0 Å². The minimum atomic E-state index is -4.07. The number of aliphatic imine (C=N–C) groups is 2. The molecule has 9 heteroatoms. The van der Waals surface area contributed by atoms with Crippen molar-refractivity contribution in [2.24, 2.45) is 9.98 Å². The summed E-state index contributed by atoms with van der Waals surface area (Å²) >= 11 is 0. The van der Waals surface area contributed by atoms with Crippen LogP contribution in [0.3, 0.4) is 0 Å². The second-order valence-corrected chi connectivity index (χ2v) is 9.39. The molecular formula is C26H20N2O6S. The van der Waals surface area contributed by atoms with Gasteiger partial charge in [-0.2, -0.15) is 0 Å². The van der Waals surface area contributed by atoms with Crippen molar-refractivity contribution < 1.29 is 28.8 Å². The summed E-state index contributed by atoms with van der Waals surface area (Å²) in [6.45, 7) is 0. The molecule has 4 aromatic rings. The minimum Gasteiger partial charge on any atom is -0.507 e. The molecule has 0 aliphatic heterocycles. The number of para-hydroxylation sites is 2. The molecule has 0 heterocycles. The van der Waals surface area contributed by atoms with Crippen molar-refractivity contribution in [1.82, 2.24) is 0 Å². The number of phenolic OH excluding ortho intramolecular Hbond substituents is 4. The molecule has 4 aromatic carbocycles. The predicted octanol–water partition coefficient (Wildman–Crippen LogP) is 4.84. The Labute approximate surface area is 201 Å². The first-order chi connectivity index (χ1) is 16.8. The third-order valence-electron chi connectivity index (χ3n) is 5.07. The van der Waals surface area contributed by atoms with Gasteiger partial charge in [0, 0.05) is 23.6 Å². The molecule has 4 rings (SSSR count). The zero-order valence-corrected chi connectivity index (χ0v) is 19.0.